The zero-order valence-electron chi connectivity index (χ0n) is 11.7. The monoisotopic (exact) mass is 278 g/mol. The average molecular weight is 278 g/mol. The van der Waals surface area contributed by atoms with Crippen molar-refractivity contribution in [3.8, 4) is 0 Å². The summed E-state index contributed by atoms with van der Waals surface area (Å²) in [5, 5.41) is 24.5. The van der Waals surface area contributed by atoms with E-state index in [4.69, 9.17) is 5.11 Å². The van der Waals surface area contributed by atoms with E-state index in [1.807, 2.05) is 31.2 Å². The Hall–Kier alpha value is -1.59. The van der Waals surface area contributed by atoms with E-state index in [2.05, 4.69) is 10.6 Å². The lowest BCUT2D eigenvalue weighted by molar-refractivity contribution is 0.141. The number of rotatable bonds is 5. The molecule has 2 amide bonds. The highest BCUT2D eigenvalue weighted by Crippen LogP contribution is 2.30. The van der Waals surface area contributed by atoms with Crippen molar-refractivity contribution >= 4 is 6.03 Å². The molecule has 1 aliphatic rings. The summed E-state index contributed by atoms with van der Waals surface area (Å²) < 4.78 is 0. The van der Waals surface area contributed by atoms with E-state index in [1.54, 1.807) is 0 Å². The predicted octanol–water partition coefficient (Wildman–Crippen LogP) is 1.10. The minimum Gasteiger partial charge on any atom is -0.396 e. The summed E-state index contributed by atoms with van der Waals surface area (Å²) in [5.41, 5.74) is 2.07. The Morgan fingerprint density at radius 1 is 1.45 bits per heavy atom. The summed E-state index contributed by atoms with van der Waals surface area (Å²) >= 11 is 0. The summed E-state index contributed by atoms with van der Waals surface area (Å²) in [6.45, 7) is 2.02. The van der Waals surface area contributed by atoms with Gasteiger partial charge in [-0.3, -0.25) is 0 Å². The first kappa shape index (κ1) is 14.8. The highest BCUT2D eigenvalue weighted by molar-refractivity contribution is 5.75. The highest BCUT2D eigenvalue weighted by Gasteiger charge is 2.31. The van der Waals surface area contributed by atoms with Gasteiger partial charge >= 0.3 is 6.03 Å². The van der Waals surface area contributed by atoms with Crippen LogP contribution in [0.25, 0.3) is 0 Å². The largest absolute Gasteiger partial charge is 0.396 e. The molecular formula is C15H22N2O3. The molecule has 5 heteroatoms. The maximum atomic E-state index is 11.9. The number of benzene rings is 1. The molecule has 4 N–H and O–H groups in total. The maximum absolute atomic E-state index is 11.9. The summed E-state index contributed by atoms with van der Waals surface area (Å²) in [6, 6.07) is 7.12. The van der Waals surface area contributed by atoms with Gasteiger partial charge in [-0.25, -0.2) is 4.79 Å². The van der Waals surface area contributed by atoms with E-state index in [9.17, 15) is 9.90 Å². The van der Waals surface area contributed by atoms with Crippen molar-refractivity contribution in [3.05, 3.63) is 35.4 Å². The van der Waals surface area contributed by atoms with Gasteiger partial charge in [0.15, 0.2) is 0 Å². The van der Waals surface area contributed by atoms with Crippen LogP contribution in [0, 0.1) is 0 Å². The molecule has 1 aliphatic carbocycles. The molecular weight excluding hydrogens is 256 g/mol. The second kappa shape index (κ2) is 6.72. The van der Waals surface area contributed by atoms with Gasteiger partial charge < -0.3 is 20.8 Å². The number of urea groups is 1. The van der Waals surface area contributed by atoms with E-state index in [0.29, 0.717) is 12.8 Å². The fourth-order valence-corrected chi connectivity index (χ4v) is 2.62. The molecule has 1 aromatic rings. The Labute approximate surface area is 119 Å². The van der Waals surface area contributed by atoms with Crippen LogP contribution in [0.15, 0.2) is 24.3 Å². The second-order valence-electron chi connectivity index (χ2n) is 5.33. The molecule has 0 fully saturated rings. The van der Waals surface area contributed by atoms with E-state index in [-0.39, 0.29) is 24.7 Å². The van der Waals surface area contributed by atoms with Gasteiger partial charge in [-0.15, -0.1) is 0 Å². The number of amides is 2. The molecule has 1 aromatic carbocycles. The first-order valence-electron chi connectivity index (χ1n) is 7.05. The summed E-state index contributed by atoms with van der Waals surface area (Å²) in [4.78, 5) is 11.9. The van der Waals surface area contributed by atoms with Gasteiger partial charge in [-0.1, -0.05) is 24.3 Å². The van der Waals surface area contributed by atoms with E-state index in [0.717, 1.165) is 17.5 Å². The Bertz CT molecular complexity index is 464. The molecule has 110 valence electrons. The van der Waals surface area contributed by atoms with Crippen LogP contribution in [0.5, 0.6) is 0 Å². The molecule has 0 heterocycles. The van der Waals surface area contributed by atoms with Crippen molar-refractivity contribution < 1.29 is 15.0 Å². The standard InChI is InChI=1S/C15H22N2O3/c1-10(5-4-8-18)16-15(20)17-14-12-7-3-2-6-11(12)9-13(14)19/h2-3,6-7,10,13-14,18-19H,4-5,8-9H2,1H3,(H2,16,17,20)/t10?,13-,14+/m0/s1. The van der Waals surface area contributed by atoms with Crippen LogP contribution < -0.4 is 10.6 Å². The lowest BCUT2D eigenvalue weighted by Gasteiger charge is -2.20. The number of hydrogen-bond acceptors (Lipinski definition) is 3. The Kier molecular flexibility index (Phi) is 4.98. The lowest BCUT2D eigenvalue weighted by Crippen LogP contribution is -2.44. The highest BCUT2D eigenvalue weighted by atomic mass is 16.3. The SMILES string of the molecule is CC(CCCO)NC(=O)N[C@@H]1c2ccccc2C[C@@H]1O. The summed E-state index contributed by atoms with van der Waals surface area (Å²) in [6.07, 6.45) is 1.39. The number of hydrogen-bond donors (Lipinski definition) is 4. The number of carbonyl (C=O) groups excluding carboxylic acids is 1. The van der Waals surface area contributed by atoms with Gasteiger partial charge in [0.05, 0.1) is 12.1 Å². The number of aliphatic hydroxyl groups is 2. The molecule has 5 nitrogen and oxygen atoms in total. The van der Waals surface area contributed by atoms with Gasteiger partial charge in [0.2, 0.25) is 0 Å². The van der Waals surface area contributed by atoms with Crippen LogP contribution in [0.4, 0.5) is 4.79 Å². The number of carbonyl (C=O) groups is 1. The third kappa shape index (κ3) is 3.49. The Balaban J connectivity index is 1.91. The first-order valence-corrected chi connectivity index (χ1v) is 7.05. The molecule has 2 rings (SSSR count). The zero-order chi connectivity index (χ0) is 14.5. The number of fused-ring (bicyclic) bond motifs is 1. The summed E-state index contributed by atoms with van der Waals surface area (Å²) in [5.74, 6) is 0. The van der Waals surface area contributed by atoms with Crippen LogP contribution in [0.1, 0.15) is 36.9 Å². The van der Waals surface area contributed by atoms with E-state index in [1.165, 1.54) is 0 Å². The third-order valence-electron chi connectivity index (χ3n) is 3.66. The zero-order valence-corrected chi connectivity index (χ0v) is 11.7. The van der Waals surface area contributed by atoms with Gasteiger partial charge in [0.25, 0.3) is 0 Å². The Morgan fingerprint density at radius 2 is 2.20 bits per heavy atom. The predicted molar refractivity (Wildman–Crippen MR) is 76.3 cm³/mol. The van der Waals surface area contributed by atoms with Gasteiger partial charge in [-0.2, -0.15) is 0 Å². The van der Waals surface area contributed by atoms with Crippen LogP contribution in [-0.2, 0) is 6.42 Å². The topological polar surface area (TPSA) is 81.6 Å². The number of nitrogens with one attached hydrogen (secondary N) is 2. The van der Waals surface area contributed by atoms with Gasteiger partial charge in [0, 0.05) is 19.1 Å². The van der Waals surface area contributed by atoms with E-state index >= 15 is 0 Å². The normalized spacial score (nSPS) is 22.1. The third-order valence-corrected chi connectivity index (χ3v) is 3.66. The van der Waals surface area contributed by atoms with Crippen LogP contribution in [0.3, 0.4) is 0 Å². The van der Waals surface area contributed by atoms with Crippen molar-refractivity contribution in [1.29, 1.82) is 0 Å². The molecule has 0 radical (unpaired) electrons. The Morgan fingerprint density at radius 3 is 2.95 bits per heavy atom. The van der Waals surface area contributed by atoms with Crippen molar-refractivity contribution in [2.24, 2.45) is 0 Å². The summed E-state index contributed by atoms with van der Waals surface area (Å²) in [7, 11) is 0. The molecule has 0 aliphatic heterocycles. The lowest BCUT2D eigenvalue weighted by atomic mass is 10.1. The van der Waals surface area contributed by atoms with Crippen LogP contribution in [-0.4, -0.2) is 35.0 Å². The first-order chi connectivity index (χ1) is 9.61. The van der Waals surface area contributed by atoms with Crippen molar-refractivity contribution in [1.82, 2.24) is 10.6 Å². The quantitative estimate of drug-likeness (QED) is 0.651. The molecule has 0 spiro atoms. The number of aliphatic hydroxyl groups excluding tert-OH is 2. The van der Waals surface area contributed by atoms with Crippen molar-refractivity contribution in [3.63, 3.8) is 0 Å². The average Bonchev–Trinajstić information content (AvgIpc) is 2.73. The fraction of sp³-hybridized carbons (Fsp3) is 0.533. The molecule has 20 heavy (non-hydrogen) atoms. The molecule has 0 aromatic heterocycles. The smallest absolute Gasteiger partial charge is 0.315 e. The molecule has 3 atom stereocenters. The molecule has 0 bridgehead atoms. The fourth-order valence-electron chi connectivity index (χ4n) is 2.62. The molecule has 0 saturated carbocycles. The van der Waals surface area contributed by atoms with E-state index < -0.39 is 6.10 Å². The maximum Gasteiger partial charge on any atom is 0.315 e. The van der Waals surface area contributed by atoms with Crippen molar-refractivity contribution in [2.45, 2.75) is 44.4 Å². The van der Waals surface area contributed by atoms with Crippen LogP contribution in [0.2, 0.25) is 0 Å². The minimum atomic E-state index is -0.578. The van der Waals surface area contributed by atoms with Gasteiger partial charge in [-0.05, 0) is 30.9 Å². The molecule has 0 saturated heterocycles. The van der Waals surface area contributed by atoms with Gasteiger partial charge in [0.1, 0.15) is 0 Å². The molecule has 1 unspecified atom stereocenters. The minimum absolute atomic E-state index is 0.00376. The second-order valence-corrected chi connectivity index (χ2v) is 5.33. The van der Waals surface area contributed by atoms with Crippen molar-refractivity contribution in [2.75, 3.05) is 6.61 Å². The van der Waals surface area contributed by atoms with Crippen LogP contribution >= 0.6 is 0 Å².